The van der Waals surface area contributed by atoms with Crippen molar-refractivity contribution in [3.05, 3.63) is 66.0 Å². The Kier molecular flexibility index (Phi) is 5.53. The Balaban J connectivity index is 1.59. The summed E-state index contributed by atoms with van der Waals surface area (Å²) in [6.07, 6.45) is 8.59. The number of amides is 1. The van der Waals surface area contributed by atoms with E-state index in [1.807, 2.05) is 18.3 Å². The van der Waals surface area contributed by atoms with E-state index in [4.69, 9.17) is 0 Å². The maximum atomic E-state index is 13.2. The van der Waals surface area contributed by atoms with Crippen LogP contribution < -0.4 is 0 Å². The van der Waals surface area contributed by atoms with Crippen LogP contribution in [0.4, 0.5) is 0 Å². The van der Waals surface area contributed by atoms with Gasteiger partial charge < -0.3 is 9.80 Å². The summed E-state index contributed by atoms with van der Waals surface area (Å²) in [5.74, 6) is 0.751. The predicted molar refractivity (Wildman–Crippen MR) is 108 cm³/mol. The number of hydrogen-bond donors (Lipinski definition) is 0. The van der Waals surface area contributed by atoms with Crippen molar-refractivity contribution in [2.45, 2.75) is 50.1 Å². The lowest BCUT2D eigenvalue weighted by molar-refractivity contribution is -0.136. The number of rotatable bonds is 3. The summed E-state index contributed by atoms with van der Waals surface area (Å²) >= 11 is 0. The maximum Gasteiger partial charge on any atom is 0.227 e. The van der Waals surface area contributed by atoms with Gasteiger partial charge in [-0.2, -0.15) is 0 Å². The topological polar surface area (TPSA) is 36.4 Å². The van der Waals surface area contributed by atoms with Gasteiger partial charge in [-0.25, -0.2) is 0 Å². The Morgan fingerprint density at radius 3 is 2.70 bits per heavy atom. The van der Waals surface area contributed by atoms with Gasteiger partial charge in [0.2, 0.25) is 5.91 Å². The number of pyridine rings is 1. The smallest absolute Gasteiger partial charge is 0.227 e. The molecule has 0 radical (unpaired) electrons. The average molecular weight is 364 g/mol. The van der Waals surface area contributed by atoms with Gasteiger partial charge in [-0.05, 0) is 50.0 Å². The molecule has 0 N–H and O–H groups in total. The number of likely N-dealkylation sites (N-methyl/N-ethyl adjacent to an activating group) is 1. The van der Waals surface area contributed by atoms with Crippen molar-refractivity contribution in [2.75, 3.05) is 20.1 Å². The highest BCUT2D eigenvalue weighted by molar-refractivity contribution is 5.79. The molecule has 4 heteroatoms. The van der Waals surface area contributed by atoms with E-state index in [0.29, 0.717) is 24.4 Å². The van der Waals surface area contributed by atoms with E-state index in [1.165, 1.54) is 18.4 Å². The van der Waals surface area contributed by atoms with Crippen LogP contribution in [-0.2, 0) is 11.2 Å². The van der Waals surface area contributed by atoms with E-state index in [-0.39, 0.29) is 5.91 Å². The maximum absolute atomic E-state index is 13.2. The highest BCUT2D eigenvalue weighted by Crippen LogP contribution is 2.38. The van der Waals surface area contributed by atoms with E-state index in [1.54, 1.807) is 6.20 Å². The molecule has 3 heterocycles. The molecule has 0 saturated carbocycles. The van der Waals surface area contributed by atoms with Crippen LogP contribution in [0.5, 0.6) is 0 Å². The van der Waals surface area contributed by atoms with E-state index in [2.05, 4.69) is 52.2 Å². The first-order chi connectivity index (χ1) is 13.2. The zero-order chi connectivity index (χ0) is 18.6. The van der Waals surface area contributed by atoms with Crippen LogP contribution in [0.3, 0.4) is 0 Å². The van der Waals surface area contributed by atoms with Crippen molar-refractivity contribution in [2.24, 2.45) is 0 Å². The van der Waals surface area contributed by atoms with Gasteiger partial charge in [-0.1, -0.05) is 42.8 Å². The number of aromatic nitrogens is 1. The quantitative estimate of drug-likeness (QED) is 0.837. The fraction of sp³-hybridized carbons (Fsp3) is 0.478. The van der Waals surface area contributed by atoms with Gasteiger partial charge in [0.1, 0.15) is 0 Å². The Labute approximate surface area is 162 Å². The van der Waals surface area contributed by atoms with E-state index < -0.39 is 0 Å². The summed E-state index contributed by atoms with van der Waals surface area (Å²) in [4.78, 5) is 22.0. The molecule has 27 heavy (non-hydrogen) atoms. The lowest BCUT2D eigenvalue weighted by atomic mass is 9.79. The summed E-state index contributed by atoms with van der Waals surface area (Å²) in [6.45, 7) is 1.97. The summed E-state index contributed by atoms with van der Waals surface area (Å²) in [6, 6.07) is 15.5. The normalized spacial score (nSPS) is 26.3. The second kappa shape index (κ2) is 8.22. The van der Waals surface area contributed by atoms with E-state index in [9.17, 15) is 4.79 Å². The molecule has 4 nitrogen and oxygen atoms in total. The molecule has 2 aliphatic rings. The lowest BCUT2D eigenvalue weighted by Gasteiger charge is -2.48. The standard InChI is InChI=1S/C23H29N3O/c1-25-14-6-5-11-21-23(25)20(19-9-3-2-4-10-19)12-15-26(21)22(27)16-18-8-7-13-24-17-18/h2-4,7-10,13,17,20-21,23H,5-6,11-12,14-16H2,1H3/t20-,21-,23-/m1/s1. The second-order valence-electron chi connectivity index (χ2n) is 7.97. The molecule has 1 aromatic carbocycles. The first-order valence-electron chi connectivity index (χ1n) is 10.2. The fourth-order valence-electron chi connectivity index (χ4n) is 5.01. The summed E-state index contributed by atoms with van der Waals surface area (Å²) < 4.78 is 0. The van der Waals surface area contributed by atoms with Gasteiger partial charge >= 0.3 is 0 Å². The van der Waals surface area contributed by atoms with Gasteiger partial charge in [0.05, 0.1) is 6.42 Å². The third kappa shape index (κ3) is 3.91. The monoisotopic (exact) mass is 363 g/mol. The van der Waals surface area contributed by atoms with Gasteiger partial charge in [-0.3, -0.25) is 9.78 Å². The Bertz CT molecular complexity index is 749. The van der Waals surface area contributed by atoms with Crippen LogP contribution in [0.15, 0.2) is 54.9 Å². The van der Waals surface area contributed by atoms with Gasteiger partial charge in [0.15, 0.2) is 0 Å². The summed E-state index contributed by atoms with van der Waals surface area (Å²) in [5, 5.41) is 0. The Hall–Kier alpha value is -2.20. The minimum absolute atomic E-state index is 0.250. The Morgan fingerprint density at radius 1 is 1.07 bits per heavy atom. The van der Waals surface area contributed by atoms with Crippen molar-refractivity contribution in [1.29, 1.82) is 0 Å². The number of hydrogen-bond acceptors (Lipinski definition) is 3. The minimum atomic E-state index is 0.250. The molecule has 2 aromatic rings. The van der Waals surface area contributed by atoms with E-state index in [0.717, 1.165) is 31.5 Å². The molecule has 2 fully saturated rings. The molecule has 142 valence electrons. The summed E-state index contributed by atoms with van der Waals surface area (Å²) in [7, 11) is 2.24. The molecule has 2 saturated heterocycles. The molecule has 0 unspecified atom stereocenters. The summed E-state index contributed by atoms with van der Waals surface area (Å²) in [5.41, 5.74) is 2.42. The van der Waals surface area contributed by atoms with Gasteiger partial charge in [0, 0.05) is 36.9 Å². The number of piperidine rings is 1. The van der Waals surface area contributed by atoms with Crippen molar-refractivity contribution < 1.29 is 4.79 Å². The van der Waals surface area contributed by atoms with Crippen molar-refractivity contribution >= 4 is 5.91 Å². The molecule has 0 bridgehead atoms. The molecule has 1 aromatic heterocycles. The number of fused-ring (bicyclic) bond motifs is 1. The van der Waals surface area contributed by atoms with Crippen LogP contribution in [0.2, 0.25) is 0 Å². The highest BCUT2D eigenvalue weighted by Gasteiger charge is 2.43. The zero-order valence-corrected chi connectivity index (χ0v) is 16.1. The second-order valence-corrected chi connectivity index (χ2v) is 7.97. The number of carbonyl (C=O) groups is 1. The van der Waals surface area contributed by atoms with Gasteiger partial charge in [-0.15, -0.1) is 0 Å². The van der Waals surface area contributed by atoms with E-state index >= 15 is 0 Å². The van der Waals surface area contributed by atoms with Crippen molar-refractivity contribution in [3.8, 4) is 0 Å². The number of nitrogens with zero attached hydrogens (tertiary/aromatic N) is 3. The number of carbonyl (C=O) groups excluding carboxylic acids is 1. The van der Waals surface area contributed by atoms with Crippen LogP contribution in [0, 0.1) is 0 Å². The van der Waals surface area contributed by atoms with Crippen molar-refractivity contribution in [1.82, 2.24) is 14.8 Å². The molecular weight excluding hydrogens is 334 g/mol. The van der Waals surface area contributed by atoms with Crippen LogP contribution >= 0.6 is 0 Å². The van der Waals surface area contributed by atoms with Crippen molar-refractivity contribution in [3.63, 3.8) is 0 Å². The minimum Gasteiger partial charge on any atom is -0.338 e. The molecule has 2 aliphatic heterocycles. The average Bonchev–Trinajstić information content (AvgIpc) is 2.91. The number of benzene rings is 1. The molecular formula is C23H29N3O. The third-order valence-electron chi connectivity index (χ3n) is 6.28. The lowest BCUT2D eigenvalue weighted by Crippen LogP contribution is -2.58. The number of likely N-dealkylation sites (tertiary alicyclic amines) is 2. The highest BCUT2D eigenvalue weighted by atomic mass is 16.2. The van der Waals surface area contributed by atoms with Gasteiger partial charge in [0.25, 0.3) is 0 Å². The van der Waals surface area contributed by atoms with Crippen LogP contribution in [0.25, 0.3) is 0 Å². The Morgan fingerprint density at radius 2 is 1.93 bits per heavy atom. The van der Waals surface area contributed by atoms with Crippen LogP contribution in [0.1, 0.15) is 42.7 Å². The predicted octanol–water partition coefficient (Wildman–Crippen LogP) is 3.49. The third-order valence-corrected chi connectivity index (χ3v) is 6.28. The first-order valence-corrected chi connectivity index (χ1v) is 10.2. The largest absolute Gasteiger partial charge is 0.338 e. The molecule has 1 amide bonds. The fourth-order valence-corrected chi connectivity index (χ4v) is 5.01. The first kappa shape index (κ1) is 18.2. The zero-order valence-electron chi connectivity index (χ0n) is 16.1. The van der Waals surface area contributed by atoms with Crippen LogP contribution in [-0.4, -0.2) is 52.9 Å². The molecule has 0 spiro atoms. The molecule has 4 rings (SSSR count). The SMILES string of the molecule is CN1CCCC[C@@H]2[C@H]1[C@@H](c1ccccc1)CCN2C(=O)Cc1cccnc1. The molecule has 3 atom stereocenters. The molecule has 0 aliphatic carbocycles.